The number of carbonyl (C=O) groups excluding carboxylic acids is 1. The fourth-order valence-electron chi connectivity index (χ4n) is 0.912. The van der Waals surface area contributed by atoms with Crippen molar-refractivity contribution in [2.75, 3.05) is 6.61 Å². The third kappa shape index (κ3) is 3.20. The van der Waals surface area contributed by atoms with Crippen molar-refractivity contribution in [3.63, 3.8) is 0 Å². The van der Waals surface area contributed by atoms with E-state index in [-0.39, 0.29) is 12.2 Å². The molecule has 1 aliphatic rings. The Hall–Kier alpha value is -0.810. The van der Waals surface area contributed by atoms with Crippen LogP contribution in [0.1, 0.15) is 20.8 Å². The van der Waals surface area contributed by atoms with Crippen LogP contribution in [0.2, 0.25) is 0 Å². The third-order valence-corrected chi connectivity index (χ3v) is 1.57. The van der Waals surface area contributed by atoms with Crippen molar-refractivity contribution < 1.29 is 19.4 Å². The lowest BCUT2D eigenvalue weighted by Gasteiger charge is -2.22. The molecule has 1 fully saturated rings. The number of ether oxygens (including phenoxy) is 2. The van der Waals surface area contributed by atoms with Crippen LogP contribution < -0.4 is 5.32 Å². The van der Waals surface area contributed by atoms with Gasteiger partial charge in [-0.3, -0.25) is 0 Å². The highest BCUT2D eigenvalue weighted by atomic mass is 16.7. The van der Waals surface area contributed by atoms with Crippen LogP contribution in [-0.4, -0.2) is 35.7 Å². The number of alkyl carbamates (subject to hydrolysis) is 1. The Labute approximate surface area is 77.0 Å². The van der Waals surface area contributed by atoms with Crippen LogP contribution in [0, 0.1) is 0 Å². The van der Waals surface area contributed by atoms with E-state index >= 15 is 0 Å². The maximum Gasteiger partial charge on any atom is 0.410 e. The number of amides is 1. The maximum atomic E-state index is 10.6. The van der Waals surface area contributed by atoms with Crippen LogP contribution in [0.25, 0.3) is 0 Å². The highest BCUT2D eigenvalue weighted by Crippen LogP contribution is 2.11. The van der Waals surface area contributed by atoms with Crippen LogP contribution in [-0.2, 0) is 9.47 Å². The van der Waals surface area contributed by atoms with Crippen LogP contribution in [0.15, 0.2) is 0 Å². The van der Waals surface area contributed by atoms with Crippen molar-refractivity contribution in [3.8, 4) is 0 Å². The van der Waals surface area contributed by atoms with E-state index in [4.69, 9.17) is 4.74 Å². The smallest absolute Gasteiger partial charge is 0.410 e. The average molecular weight is 189 g/mol. The van der Waals surface area contributed by atoms with Gasteiger partial charge in [-0.05, 0) is 20.8 Å². The van der Waals surface area contributed by atoms with Crippen molar-refractivity contribution in [2.24, 2.45) is 0 Å². The summed E-state index contributed by atoms with van der Waals surface area (Å²) in [6, 6.07) is -0.466. The Morgan fingerprint density at radius 1 is 1.62 bits per heavy atom. The van der Waals surface area contributed by atoms with Gasteiger partial charge >= 0.3 is 6.09 Å². The molecule has 0 aromatic heterocycles. The van der Waals surface area contributed by atoms with Crippen LogP contribution >= 0.6 is 0 Å². The lowest BCUT2D eigenvalue weighted by Crippen LogP contribution is -2.38. The van der Waals surface area contributed by atoms with E-state index in [1.165, 1.54) is 0 Å². The number of hydrogen-bond acceptors (Lipinski definition) is 4. The van der Waals surface area contributed by atoms with E-state index in [1.54, 1.807) is 0 Å². The SMILES string of the molecule is CC(C)(C)OC[C@@H]1NC(=O)OC1O. The van der Waals surface area contributed by atoms with Crippen molar-refractivity contribution in [3.05, 3.63) is 0 Å². The minimum Gasteiger partial charge on any atom is -0.417 e. The molecule has 0 aromatic rings. The lowest BCUT2D eigenvalue weighted by atomic mass is 10.2. The fourth-order valence-corrected chi connectivity index (χ4v) is 0.912. The highest BCUT2D eigenvalue weighted by Gasteiger charge is 2.33. The molecule has 2 atom stereocenters. The van der Waals surface area contributed by atoms with Gasteiger partial charge in [-0.1, -0.05) is 0 Å². The van der Waals surface area contributed by atoms with Gasteiger partial charge in [-0.2, -0.15) is 0 Å². The van der Waals surface area contributed by atoms with Gasteiger partial charge in [0, 0.05) is 0 Å². The van der Waals surface area contributed by atoms with Crippen molar-refractivity contribution >= 4 is 6.09 Å². The summed E-state index contributed by atoms with van der Waals surface area (Å²) in [6.45, 7) is 5.95. The first-order chi connectivity index (χ1) is 5.88. The molecule has 0 spiro atoms. The van der Waals surface area contributed by atoms with Gasteiger partial charge in [0.25, 0.3) is 0 Å². The lowest BCUT2D eigenvalue weighted by molar-refractivity contribution is -0.0749. The molecule has 0 aromatic carbocycles. The first-order valence-electron chi connectivity index (χ1n) is 4.18. The monoisotopic (exact) mass is 189 g/mol. The zero-order valence-electron chi connectivity index (χ0n) is 8.03. The molecular formula is C8H15NO4. The summed E-state index contributed by atoms with van der Waals surface area (Å²) in [5.74, 6) is 0. The zero-order valence-corrected chi connectivity index (χ0v) is 8.03. The minimum atomic E-state index is -1.10. The Morgan fingerprint density at radius 3 is 2.62 bits per heavy atom. The van der Waals surface area contributed by atoms with Gasteiger partial charge in [0.1, 0.15) is 6.04 Å². The molecule has 1 unspecified atom stereocenters. The van der Waals surface area contributed by atoms with Crippen molar-refractivity contribution in [1.82, 2.24) is 5.32 Å². The third-order valence-electron chi connectivity index (χ3n) is 1.57. The van der Waals surface area contributed by atoms with E-state index in [0.717, 1.165) is 0 Å². The molecule has 0 aliphatic carbocycles. The van der Waals surface area contributed by atoms with E-state index < -0.39 is 18.4 Å². The molecule has 0 bridgehead atoms. The normalized spacial score (nSPS) is 28.5. The Bertz CT molecular complexity index is 199. The molecule has 5 nitrogen and oxygen atoms in total. The molecule has 0 radical (unpaired) electrons. The fraction of sp³-hybridized carbons (Fsp3) is 0.875. The second-order valence-electron chi connectivity index (χ2n) is 3.97. The van der Waals surface area contributed by atoms with Gasteiger partial charge in [-0.25, -0.2) is 4.79 Å². The zero-order chi connectivity index (χ0) is 10.1. The minimum absolute atomic E-state index is 0.246. The van der Waals surface area contributed by atoms with Gasteiger partial charge < -0.3 is 19.9 Å². The van der Waals surface area contributed by atoms with Gasteiger partial charge in [0.2, 0.25) is 6.29 Å². The topological polar surface area (TPSA) is 67.8 Å². The van der Waals surface area contributed by atoms with Gasteiger partial charge in [0.15, 0.2) is 0 Å². The van der Waals surface area contributed by atoms with E-state index in [1.807, 2.05) is 20.8 Å². The molecule has 0 saturated carbocycles. The standard InChI is InChI=1S/C8H15NO4/c1-8(2,3)12-4-5-6(10)13-7(11)9-5/h5-6,10H,4H2,1-3H3,(H,9,11)/t5-,6?/m0/s1. The van der Waals surface area contributed by atoms with Gasteiger partial charge in [0.05, 0.1) is 12.2 Å². The van der Waals surface area contributed by atoms with Crippen molar-refractivity contribution in [1.29, 1.82) is 0 Å². The molecule has 1 amide bonds. The average Bonchev–Trinajstić information content (AvgIpc) is 2.24. The summed E-state index contributed by atoms with van der Waals surface area (Å²) >= 11 is 0. The van der Waals surface area contributed by atoms with Gasteiger partial charge in [-0.15, -0.1) is 0 Å². The second kappa shape index (κ2) is 3.51. The Kier molecular flexibility index (Phi) is 2.77. The summed E-state index contributed by atoms with van der Waals surface area (Å²) < 4.78 is 9.84. The molecular weight excluding hydrogens is 174 g/mol. The number of rotatable bonds is 2. The number of carbonyl (C=O) groups is 1. The molecule has 5 heteroatoms. The predicted molar refractivity (Wildman–Crippen MR) is 45.1 cm³/mol. The number of aliphatic hydroxyl groups is 1. The van der Waals surface area contributed by atoms with Crippen LogP contribution in [0.3, 0.4) is 0 Å². The second-order valence-corrected chi connectivity index (χ2v) is 3.97. The first kappa shape index (κ1) is 10.3. The summed E-state index contributed by atoms with van der Waals surface area (Å²) in [6.07, 6.45) is -1.70. The van der Waals surface area contributed by atoms with E-state index in [9.17, 15) is 9.90 Å². The number of aliphatic hydroxyl groups excluding tert-OH is 1. The summed E-state index contributed by atoms with van der Waals surface area (Å²) in [4.78, 5) is 10.6. The van der Waals surface area contributed by atoms with E-state index in [0.29, 0.717) is 0 Å². The molecule has 76 valence electrons. The molecule has 1 heterocycles. The van der Waals surface area contributed by atoms with E-state index in [2.05, 4.69) is 10.1 Å². The quantitative estimate of drug-likeness (QED) is 0.652. The van der Waals surface area contributed by atoms with Crippen LogP contribution in [0.4, 0.5) is 4.79 Å². The summed E-state index contributed by atoms with van der Waals surface area (Å²) in [5.41, 5.74) is -0.285. The molecule has 1 aliphatic heterocycles. The Balaban J connectivity index is 2.34. The molecule has 1 rings (SSSR count). The molecule has 13 heavy (non-hydrogen) atoms. The van der Waals surface area contributed by atoms with Crippen molar-refractivity contribution in [2.45, 2.75) is 38.7 Å². The van der Waals surface area contributed by atoms with Crippen LogP contribution in [0.5, 0.6) is 0 Å². The maximum absolute atomic E-state index is 10.6. The molecule has 1 saturated heterocycles. The first-order valence-corrected chi connectivity index (χ1v) is 4.18. The summed E-state index contributed by atoms with van der Waals surface area (Å²) in [7, 11) is 0. The predicted octanol–water partition coefficient (Wildman–Crippen LogP) is 0.228. The summed E-state index contributed by atoms with van der Waals surface area (Å²) in [5, 5.41) is 11.6. The highest BCUT2D eigenvalue weighted by molar-refractivity contribution is 5.69. The molecule has 2 N–H and O–H groups in total. The Morgan fingerprint density at radius 2 is 2.23 bits per heavy atom. The number of hydrogen-bond donors (Lipinski definition) is 2. The largest absolute Gasteiger partial charge is 0.417 e. The number of cyclic esters (lactones) is 1. The number of nitrogens with one attached hydrogen (secondary N) is 1.